The van der Waals surface area contributed by atoms with E-state index in [1.807, 2.05) is 18.2 Å². The van der Waals surface area contributed by atoms with Crippen LogP contribution in [0.25, 0.3) is 0 Å². The summed E-state index contributed by atoms with van der Waals surface area (Å²) < 4.78 is 6.01. The molecule has 2 aliphatic rings. The maximum absolute atomic E-state index is 6.01. The molecule has 2 fully saturated rings. The van der Waals surface area contributed by atoms with E-state index in [9.17, 15) is 0 Å². The van der Waals surface area contributed by atoms with Crippen LogP contribution in [-0.2, 0) is 6.54 Å². The van der Waals surface area contributed by atoms with Crippen LogP contribution in [0.1, 0.15) is 44.1 Å². The van der Waals surface area contributed by atoms with Crippen LogP contribution >= 0.6 is 0 Å². The van der Waals surface area contributed by atoms with Crippen LogP contribution < -0.4 is 15.8 Å². The highest BCUT2D eigenvalue weighted by Crippen LogP contribution is 2.28. The highest BCUT2D eigenvalue weighted by atomic mass is 16.5. The number of hydrogen-bond acceptors (Lipinski definition) is 2. The highest BCUT2D eigenvalue weighted by Gasteiger charge is 2.20. The fourth-order valence-corrected chi connectivity index (χ4v) is 2.59. The van der Waals surface area contributed by atoms with Crippen molar-refractivity contribution in [2.75, 3.05) is 6.54 Å². The second-order valence-corrected chi connectivity index (χ2v) is 6.16. The summed E-state index contributed by atoms with van der Waals surface area (Å²) in [6.07, 6.45) is 8.00. The molecular weight excluding hydrogens is 262 g/mol. The van der Waals surface area contributed by atoms with Crippen LogP contribution in [0.4, 0.5) is 0 Å². The van der Waals surface area contributed by atoms with E-state index in [0.717, 1.165) is 23.8 Å². The molecule has 21 heavy (non-hydrogen) atoms. The average molecular weight is 287 g/mol. The zero-order valence-corrected chi connectivity index (χ0v) is 12.6. The van der Waals surface area contributed by atoms with Crippen molar-refractivity contribution in [2.45, 2.75) is 51.2 Å². The fourth-order valence-electron chi connectivity index (χ4n) is 2.59. The van der Waals surface area contributed by atoms with Gasteiger partial charge in [-0.15, -0.1) is 0 Å². The molecule has 1 aromatic carbocycles. The summed E-state index contributed by atoms with van der Waals surface area (Å²) in [5, 5.41) is 3.22. The molecule has 4 nitrogen and oxygen atoms in total. The second kappa shape index (κ2) is 6.83. The largest absolute Gasteiger partial charge is 0.490 e. The van der Waals surface area contributed by atoms with Crippen molar-refractivity contribution in [3.05, 3.63) is 29.8 Å². The Morgan fingerprint density at radius 3 is 2.62 bits per heavy atom. The van der Waals surface area contributed by atoms with Gasteiger partial charge in [-0.05, 0) is 44.1 Å². The zero-order valence-electron chi connectivity index (χ0n) is 12.6. The molecule has 4 heteroatoms. The van der Waals surface area contributed by atoms with Crippen LogP contribution in [0.5, 0.6) is 5.75 Å². The topological polar surface area (TPSA) is 59.6 Å². The van der Waals surface area contributed by atoms with Crippen LogP contribution in [0.15, 0.2) is 29.3 Å². The van der Waals surface area contributed by atoms with Crippen LogP contribution in [-0.4, -0.2) is 18.6 Å². The molecule has 0 aromatic heterocycles. The van der Waals surface area contributed by atoms with Crippen molar-refractivity contribution in [1.29, 1.82) is 0 Å². The van der Waals surface area contributed by atoms with Crippen LogP contribution in [0.2, 0.25) is 0 Å². The molecular formula is C17H25N3O. The molecule has 3 rings (SSSR count). The molecule has 0 amide bonds. The van der Waals surface area contributed by atoms with Gasteiger partial charge in [-0.3, -0.25) is 0 Å². The maximum Gasteiger partial charge on any atom is 0.188 e. The SMILES string of the molecule is NC(=NCc1ccccc1OC1CCC1)NCC1CCC1. The van der Waals surface area contributed by atoms with Crippen molar-refractivity contribution in [1.82, 2.24) is 5.32 Å². The minimum absolute atomic E-state index is 0.393. The Morgan fingerprint density at radius 1 is 1.19 bits per heavy atom. The summed E-state index contributed by atoms with van der Waals surface area (Å²) >= 11 is 0. The van der Waals surface area contributed by atoms with E-state index in [0.29, 0.717) is 18.6 Å². The molecule has 0 unspecified atom stereocenters. The number of aliphatic imine (C=N–C) groups is 1. The predicted molar refractivity (Wildman–Crippen MR) is 85.4 cm³/mol. The summed E-state index contributed by atoms with van der Waals surface area (Å²) in [5.41, 5.74) is 7.04. The first kappa shape index (κ1) is 14.2. The normalized spacial score (nSPS) is 19.7. The van der Waals surface area contributed by atoms with E-state index >= 15 is 0 Å². The summed E-state index contributed by atoms with van der Waals surface area (Å²) in [6.45, 7) is 1.53. The molecule has 1 aromatic rings. The summed E-state index contributed by atoms with van der Waals surface area (Å²) in [7, 11) is 0. The third-order valence-corrected chi connectivity index (χ3v) is 4.53. The van der Waals surface area contributed by atoms with Gasteiger partial charge in [-0.25, -0.2) is 4.99 Å². The van der Waals surface area contributed by atoms with Gasteiger partial charge in [-0.1, -0.05) is 24.6 Å². The number of nitrogens with one attached hydrogen (secondary N) is 1. The lowest BCUT2D eigenvalue weighted by molar-refractivity contribution is 0.119. The smallest absolute Gasteiger partial charge is 0.188 e. The van der Waals surface area contributed by atoms with Crippen LogP contribution in [0.3, 0.4) is 0 Å². The summed E-state index contributed by atoms with van der Waals surface area (Å²) in [5.74, 6) is 2.28. The van der Waals surface area contributed by atoms with Crippen LogP contribution in [0, 0.1) is 5.92 Å². The van der Waals surface area contributed by atoms with E-state index in [-0.39, 0.29) is 0 Å². The average Bonchev–Trinajstić information content (AvgIpc) is 2.40. The molecule has 0 heterocycles. The molecule has 114 valence electrons. The molecule has 0 atom stereocenters. The van der Waals surface area contributed by atoms with Crippen molar-refractivity contribution >= 4 is 5.96 Å². The first-order valence-electron chi connectivity index (χ1n) is 8.09. The molecule has 0 bridgehead atoms. The minimum atomic E-state index is 0.393. The van der Waals surface area contributed by atoms with Gasteiger partial charge in [0.25, 0.3) is 0 Å². The molecule has 0 saturated heterocycles. The van der Waals surface area contributed by atoms with Gasteiger partial charge in [0.1, 0.15) is 5.75 Å². The first-order valence-corrected chi connectivity index (χ1v) is 8.09. The minimum Gasteiger partial charge on any atom is -0.490 e. The highest BCUT2D eigenvalue weighted by molar-refractivity contribution is 5.77. The Kier molecular flexibility index (Phi) is 4.63. The molecule has 2 aliphatic carbocycles. The van der Waals surface area contributed by atoms with Gasteiger partial charge in [0, 0.05) is 12.1 Å². The lowest BCUT2D eigenvalue weighted by Crippen LogP contribution is -2.37. The quantitative estimate of drug-likeness (QED) is 0.625. The number of para-hydroxylation sites is 1. The molecule has 0 radical (unpaired) electrons. The van der Waals surface area contributed by atoms with E-state index in [1.165, 1.54) is 38.5 Å². The lowest BCUT2D eigenvalue weighted by atomic mass is 9.85. The number of nitrogens with zero attached hydrogens (tertiary/aromatic N) is 1. The Labute approximate surface area is 126 Å². The lowest BCUT2D eigenvalue weighted by Gasteiger charge is -2.27. The third kappa shape index (κ3) is 3.90. The number of ether oxygens (including phenoxy) is 1. The summed E-state index contributed by atoms with van der Waals surface area (Å²) in [4.78, 5) is 4.44. The summed E-state index contributed by atoms with van der Waals surface area (Å²) in [6, 6.07) is 8.13. The monoisotopic (exact) mass is 287 g/mol. The number of rotatable bonds is 6. The number of guanidine groups is 1. The van der Waals surface area contributed by atoms with Crippen molar-refractivity contribution < 1.29 is 4.74 Å². The van der Waals surface area contributed by atoms with E-state index in [1.54, 1.807) is 0 Å². The van der Waals surface area contributed by atoms with Gasteiger partial charge >= 0.3 is 0 Å². The van der Waals surface area contributed by atoms with Gasteiger partial charge in [-0.2, -0.15) is 0 Å². The number of nitrogens with two attached hydrogens (primary N) is 1. The third-order valence-electron chi connectivity index (χ3n) is 4.53. The fraction of sp³-hybridized carbons (Fsp3) is 0.588. The van der Waals surface area contributed by atoms with Gasteiger partial charge in [0.05, 0.1) is 12.6 Å². The second-order valence-electron chi connectivity index (χ2n) is 6.16. The zero-order chi connectivity index (χ0) is 14.5. The Balaban J connectivity index is 1.52. The molecule has 0 spiro atoms. The molecule has 0 aliphatic heterocycles. The van der Waals surface area contributed by atoms with Crippen molar-refractivity contribution in [3.8, 4) is 5.75 Å². The first-order chi connectivity index (χ1) is 10.3. The number of hydrogen-bond donors (Lipinski definition) is 2. The molecule has 2 saturated carbocycles. The van der Waals surface area contributed by atoms with Gasteiger partial charge in [0.2, 0.25) is 0 Å². The van der Waals surface area contributed by atoms with Gasteiger partial charge < -0.3 is 15.8 Å². The number of benzene rings is 1. The Bertz CT molecular complexity index is 493. The Hall–Kier alpha value is -1.71. The standard InChI is InChI=1S/C17H25N3O/c18-17(19-11-13-5-3-6-13)20-12-14-7-1-2-10-16(14)21-15-8-4-9-15/h1-2,7,10,13,15H,3-6,8-9,11-12H2,(H3,18,19,20). The Morgan fingerprint density at radius 2 is 1.95 bits per heavy atom. The van der Waals surface area contributed by atoms with Crippen molar-refractivity contribution in [2.24, 2.45) is 16.6 Å². The van der Waals surface area contributed by atoms with E-state index < -0.39 is 0 Å². The van der Waals surface area contributed by atoms with Crippen molar-refractivity contribution in [3.63, 3.8) is 0 Å². The maximum atomic E-state index is 6.01. The van der Waals surface area contributed by atoms with E-state index in [4.69, 9.17) is 10.5 Å². The van der Waals surface area contributed by atoms with Gasteiger partial charge in [0.15, 0.2) is 5.96 Å². The predicted octanol–water partition coefficient (Wildman–Crippen LogP) is 2.82. The van der Waals surface area contributed by atoms with E-state index in [2.05, 4.69) is 16.4 Å². The molecule has 3 N–H and O–H groups in total.